The van der Waals surface area contributed by atoms with E-state index in [9.17, 15) is 9.18 Å². The fourth-order valence-electron chi connectivity index (χ4n) is 3.28. The van der Waals surface area contributed by atoms with Crippen molar-refractivity contribution in [3.8, 4) is 5.75 Å². The van der Waals surface area contributed by atoms with Crippen molar-refractivity contribution in [3.63, 3.8) is 0 Å². The first-order chi connectivity index (χ1) is 13.1. The molecule has 0 aliphatic carbocycles. The third-order valence-electron chi connectivity index (χ3n) is 4.63. The summed E-state index contributed by atoms with van der Waals surface area (Å²) in [5.74, 6) is 0.0620. The molecule has 4 aromatic rings. The summed E-state index contributed by atoms with van der Waals surface area (Å²) in [6.07, 6.45) is 0. The van der Waals surface area contributed by atoms with Crippen LogP contribution < -0.4 is 10.1 Å². The lowest BCUT2D eigenvalue weighted by Gasteiger charge is -2.08. The number of rotatable bonds is 5. The van der Waals surface area contributed by atoms with Crippen molar-refractivity contribution < 1.29 is 13.9 Å². The minimum absolute atomic E-state index is 0.0925. The van der Waals surface area contributed by atoms with Gasteiger partial charge in [-0.3, -0.25) is 4.79 Å². The van der Waals surface area contributed by atoms with Crippen LogP contribution in [-0.4, -0.2) is 17.1 Å². The predicted octanol–water partition coefficient (Wildman–Crippen LogP) is 4.17. The van der Waals surface area contributed by atoms with Gasteiger partial charge < -0.3 is 14.6 Å². The fraction of sp³-hybridized carbons (Fsp3) is 0.136. The molecule has 0 aliphatic rings. The van der Waals surface area contributed by atoms with Crippen LogP contribution in [0.4, 0.5) is 4.39 Å². The van der Waals surface area contributed by atoms with Crippen molar-refractivity contribution in [1.82, 2.24) is 9.88 Å². The standard InChI is InChI=1S/C22H19FN2O2/c1-25-20-8-3-2-7-18(20)19-10-9-17(12-21(19)25)27-14-22(26)24-13-15-5-4-6-16(23)11-15/h2-12H,13-14H2,1H3,(H,24,26). The molecule has 136 valence electrons. The Kier molecular flexibility index (Phi) is 4.50. The minimum Gasteiger partial charge on any atom is -0.484 e. The number of aryl methyl sites for hydroxylation is 1. The van der Waals surface area contributed by atoms with Crippen LogP contribution in [0.2, 0.25) is 0 Å². The molecule has 0 saturated heterocycles. The molecule has 1 heterocycles. The molecule has 0 unspecified atom stereocenters. The van der Waals surface area contributed by atoms with Crippen molar-refractivity contribution in [2.24, 2.45) is 7.05 Å². The van der Waals surface area contributed by atoms with Crippen LogP contribution >= 0.6 is 0 Å². The average Bonchev–Trinajstić information content (AvgIpc) is 2.97. The molecular weight excluding hydrogens is 343 g/mol. The topological polar surface area (TPSA) is 43.3 Å². The minimum atomic E-state index is -0.318. The number of carbonyl (C=O) groups excluding carboxylic acids is 1. The molecular formula is C22H19FN2O2. The summed E-state index contributed by atoms with van der Waals surface area (Å²) in [7, 11) is 2.01. The summed E-state index contributed by atoms with van der Waals surface area (Å²) >= 11 is 0. The molecule has 1 amide bonds. The number of para-hydroxylation sites is 1. The van der Waals surface area contributed by atoms with Crippen LogP contribution in [0.5, 0.6) is 5.75 Å². The number of nitrogens with one attached hydrogen (secondary N) is 1. The summed E-state index contributed by atoms with van der Waals surface area (Å²) < 4.78 is 20.9. The Morgan fingerprint density at radius 1 is 1.00 bits per heavy atom. The summed E-state index contributed by atoms with van der Waals surface area (Å²) in [6, 6.07) is 20.2. The van der Waals surface area contributed by atoms with Gasteiger partial charge in [0.15, 0.2) is 6.61 Å². The zero-order chi connectivity index (χ0) is 18.8. The third-order valence-corrected chi connectivity index (χ3v) is 4.63. The molecule has 1 N–H and O–H groups in total. The van der Waals surface area contributed by atoms with Gasteiger partial charge in [0.1, 0.15) is 11.6 Å². The quantitative estimate of drug-likeness (QED) is 0.579. The number of hydrogen-bond acceptors (Lipinski definition) is 2. The van der Waals surface area contributed by atoms with Gasteiger partial charge in [-0.2, -0.15) is 0 Å². The zero-order valence-corrected chi connectivity index (χ0v) is 14.9. The largest absolute Gasteiger partial charge is 0.484 e. The van der Waals surface area contributed by atoms with Gasteiger partial charge in [0, 0.05) is 35.9 Å². The first kappa shape index (κ1) is 17.1. The maximum atomic E-state index is 13.2. The van der Waals surface area contributed by atoms with Gasteiger partial charge in [0.2, 0.25) is 0 Å². The first-order valence-corrected chi connectivity index (χ1v) is 8.73. The second-order valence-electron chi connectivity index (χ2n) is 6.45. The van der Waals surface area contributed by atoms with E-state index in [1.54, 1.807) is 12.1 Å². The van der Waals surface area contributed by atoms with Gasteiger partial charge in [-0.15, -0.1) is 0 Å². The van der Waals surface area contributed by atoms with E-state index in [2.05, 4.69) is 22.0 Å². The van der Waals surface area contributed by atoms with Gasteiger partial charge >= 0.3 is 0 Å². The highest BCUT2D eigenvalue weighted by Crippen LogP contribution is 2.30. The molecule has 0 aliphatic heterocycles. The van der Waals surface area contributed by atoms with Crippen molar-refractivity contribution in [3.05, 3.63) is 78.1 Å². The lowest BCUT2D eigenvalue weighted by atomic mass is 10.1. The highest BCUT2D eigenvalue weighted by molar-refractivity contribution is 6.08. The Morgan fingerprint density at radius 2 is 1.81 bits per heavy atom. The molecule has 0 radical (unpaired) electrons. The number of benzene rings is 3. The molecule has 3 aromatic carbocycles. The van der Waals surface area contributed by atoms with Crippen LogP contribution in [0.25, 0.3) is 21.8 Å². The number of amides is 1. The second-order valence-corrected chi connectivity index (χ2v) is 6.45. The van der Waals surface area contributed by atoms with E-state index in [1.807, 2.05) is 37.4 Å². The van der Waals surface area contributed by atoms with Gasteiger partial charge in [-0.25, -0.2) is 4.39 Å². The molecule has 0 atom stereocenters. The number of carbonyl (C=O) groups is 1. The normalized spacial score (nSPS) is 11.0. The SMILES string of the molecule is Cn1c2ccccc2c2ccc(OCC(=O)NCc3cccc(F)c3)cc21. The van der Waals surface area contributed by atoms with Crippen molar-refractivity contribution in [1.29, 1.82) is 0 Å². The monoisotopic (exact) mass is 362 g/mol. The summed E-state index contributed by atoms with van der Waals surface area (Å²) in [6.45, 7) is 0.174. The maximum absolute atomic E-state index is 13.2. The van der Waals surface area contributed by atoms with Crippen LogP contribution in [0.15, 0.2) is 66.7 Å². The highest BCUT2D eigenvalue weighted by atomic mass is 19.1. The van der Waals surface area contributed by atoms with Gasteiger partial charge in [-0.05, 0) is 35.9 Å². The van der Waals surface area contributed by atoms with Crippen LogP contribution in [0.1, 0.15) is 5.56 Å². The number of nitrogens with zero attached hydrogens (tertiary/aromatic N) is 1. The Hall–Kier alpha value is -3.34. The van der Waals surface area contributed by atoms with E-state index in [4.69, 9.17) is 4.74 Å². The molecule has 0 fully saturated rings. The lowest BCUT2D eigenvalue weighted by molar-refractivity contribution is -0.123. The van der Waals surface area contributed by atoms with Crippen molar-refractivity contribution in [2.75, 3.05) is 6.61 Å². The Morgan fingerprint density at radius 3 is 2.67 bits per heavy atom. The molecule has 27 heavy (non-hydrogen) atoms. The molecule has 0 saturated carbocycles. The number of ether oxygens (including phenoxy) is 1. The molecule has 5 heteroatoms. The lowest BCUT2D eigenvalue weighted by Crippen LogP contribution is -2.28. The van der Waals surface area contributed by atoms with Gasteiger partial charge in [0.05, 0.1) is 5.52 Å². The summed E-state index contributed by atoms with van der Waals surface area (Å²) in [5, 5.41) is 5.07. The number of aromatic nitrogens is 1. The maximum Gasteiger partial charge on any atom is 0.258 e. The highest BCUT2D eigenvalue weighted by Gasteiger charge is 2.09. The Bertz CT molecular complexity index is 1130. The van der Waals surface area contributed by atoms with Crippen molar-refractivity contribution >= 4 is 27.7 Å². The zero-order valence-electron chi connectivity index (χ0n) is 14.9. The molecule has 4 rings (SSSR count). The third kappa shape index (κ3) is 3.49. The average molecular weight is 362 g/mol. The van der Waals surface area contributed by atoms with E-state index < -0.39 is 0 Å². The van der Waals surface area contributed by atoms with E-state index in [1.165, 1.54) is 17.5 Å². The smallest absolute Gasteiger partial charge is 0.258 e. The van der Waals surface area contributed by atoms with E-state index in [0.717, 1.165) is 16.4 Å². The number of fused-ring (bicyclic) bond motifs is 3. The van der Waals surface area contributed by atoms with Crippen LogP contribution in [0, 0.1) is 5.82 Å². The van der Waals surface area contributed by atoms with E-state index in [-0.39, 0.29) is 24.9 Å². The summed E-state index contributed by atoms with van der Waals surface area (Å²) in [5.41, 5.74) is 2.91. The van der Waals surface area contributed by atoms with Gasteiger partial charge in [0.25, 0.3) is 5.91 Å². The Balaban J connectivity index is 1.43. The molecule has 4 nitrogen and oxygen atoms in total. The number of hydrogen-bond donors (Lipinski definition) is 1. The van der Waals surface area contributed by atoms with Crippen molar-refractivity contribution in [2.45, 2.75) is 6.54 Å². The predicted molar refractivity (Wildman–Crippen MR) is 104 cm³/mol. The molecule has 1 aromatic heterocycles. The first-order valence-electron chi connectivity index (χ1n) is 8.73. The molecule has 0 spiro atoms. The second kappa shape index (κ2) is 7.11. The fourth-order valence-corrected chi connectivity index (χ4v) is 3.28. The Labute approximate surface area is 156 Å². The van der Waals surface area contributed by atoms with E-state index in [0.29, 0.717) is 11.3 Å². The number of halogens is 1. The molecule has 0 bridgehead atoms. The van der Waals surface area contributed by atoms with E-state index >= 15 is 0 Å². The summed E-state index contributed by atoms with van der Waals surface area (Å²) in [4.78, 5) is 12.0. The van der Waals surface area contributed by atoms with Gasteiger partial charge in [-0.1, -0.05) is 30.3 Å². The van der Waals surface area contributed by atoms with Crippen LogP contribution in [0.3, 0.4) is 0 Å². The van der Waals surface area contributed by atoms with Crippen LogP contribution in [-0.2, 0) is 18.4 Å².